The Morgan fingerprint density at radius 1 is 1.57 bits per heavy atom. The van der Waals surface area contributed by atoms with Crippen LogP contribution in [-0.2, 0) is 10.7 Å². The molecule has 0 aliphatic rings. The van der Waals surface area contributed by atoms with E-state index in [-0.39, 0.29) is 17.4 Å². The molecule has 0 saturated heterocycles. The Bertz CT molecular complexity index is 350. The molecule has 0 aliphatic heterocycles. The van der Waals surface area contributed by atoms with Gasteiger partial charge in [0.25, 0.3) is 0 Å². The number of phenols is 1. The summed E-state index contributed by atoms with van der Waals surface area (Å²) in [5, 5.41) is 8.76. The lowest BCUT2D eigenvalue weighted by Gasteiger charge is -2.08. The number of Topliss-reactive ketones (excluding diaryl/α,β-unsaturated/α-hetero) is 1. The molecule has 0 bridgehead atoms. The average molecular weight is 233 g/mol. The summed E-state index contributed by atoms with van der Waals surface area (Å²) in [6.07, 6.45) is 0. The van der Waals surface area contributed by atoms with E-state index in [0.717, 1.165) is 0 Å². The first-order valence-corrected chi connectivity index (χ1v) is 5.05. The Balaban J connectivity index is 3.02. The third-order valence-corrected chi connectivity index (χ3v) is 2.75. The summed E-state index contributed by atoms with van der Waals surface area (Å²) in [6.45, 7) is 1.41. The van der Waals surface area contributed by atoms with Gasteiger partial charge in [-0.2, -0.15) is 0 Å². The molecule has 0 radical (unpaired) electrons. The standard InChI is InChI=1S/C10H10Cl2O2/c1-6(13)10(12)7-2-3-8(5-11)9(14)4-7/h2-4,10,14H,5H2,1H3. The summed E-state index contributed by atoms with van der Waals surface area (Å²) in [7, 11) is 0. The highest BCUT2D eigenvalue weighted by Crippen LogP contribution is 2.27. The topological polar surface area (TPSA) is 37.3 Å². The molecule has 0 amide bonds. The van der Waals surface area contributed by atoms with Gasteiger partial charge in [0.1, 0.15) is 11.1 Å². The van der Waals surface area contributed by atoms with Crippen LogP contribution in [0.4, 0.5) is 0 Å². The zero-order valence-corrected chi connectivity index (χ0v) is 9.14. The van der Waals surface area contributed by atoms with Gasteiger partial charge in [-0.25, -0.2) is 0 Å². The van der Waals surface area contributed by atoms with Gasteiger partial charge in [0.05, 0.1) is 5.88 Å². The van der Waals surface area contributed by atoms with Crippen molar-refractivity contribution in [1.82, 2.24) is 0 Å². The maximum atomic E-state index is 11.0. The fourth-order valence-corrected chi connectivity index (χ4v) is 1.45. The molecule has 1 aromatic rings. The molecule has 0 spiro atoms. The van der Waals surface area contributed by atoms with Crippen LogP contribution in [0.2, 0.25) is 0 Å². The maximum absolute atomic E-state index is 11.0. The summed E-state index contributed by atoms with van der Waals surface area (Å²) >= 11 is 11.4. The van der Waals surface area contributed by atoms with Crippen LogP contribution in [0.25, 0.3) is 0 Å². The first kappa shape index (κ1) is 11.3. The van der Waals surface area contributed by atoms with Crippen molar-refractivity contribution in [2.45, 2.75) is 18.2 Å². The van der Waals surface area contributed by atoms with Gasteiger partial charge in [-0.1, -0.05) is 12.1 Å². The van der Waals surface area contributed by atoms with Gasteiger partial charge in [-0.3, -0.25) is 4.79 Å². The number of benzene rings is 1. The highest BCUT2D eigenvalue weighted by molar-refractivity contribution is 6.30. The highest BCUT2D eigenvalue weighted by Gasteiger charge is 2.14. The number of halogens is 2. The number of alkyl halides is 2. The van der Waals surface area contributed by atoms with E-state index in [4.69, 9.17) is 23.2 Å². The van der Waals surface area contributed by atoms with E-state index in [9.17, 15) is 9.90 Å². The van der Waals surface area contributed by atoms with Crippen LogP contribution in [0.5, 0.6) is 5.75 Å². The fourth-order valence-electron chi connectivity index (χ4n) is 1.09. The van der Waals surface area contributed by atoms with Crippen molar-refractivity contribution in [3.05, 3.63) is 29.3 Å². The molecule has 0 fully saturated rings. The average Bonchev–Trinajstić information content (AvgIpc) is 2.16. The maximum Gasteiger partial charge on any atom is 0.152 e. The molecule has 1 N–H and O–H groups in total. The number of ketones is 1. The number of carbonyl (C=O) groups excluding carboxylic acids is 1. The molecule has 14 heavy (non-hydrogen) atoms. The highest BCUT2D eigenvalue weighted by atomic mass is 35.5. The molecule has 0 aliphatic carbocycles. The molecular weight excluding hydrogens is 223 g/mol. The van der Waals surface area contributed by atoms with E-state index < -0.39 is 5.38 Å². The minimum Gasteiger partial charge on any atom is -0.508 e. The smallest absolute Gasteiger partial charge is 0.152 e. The predicted molar refractivity (Wildman–Crippen MR) is 56.9 cm³/mol. The van der Waals surface area contributed by atoms with Crippen LogP contribution >= 0.6 is 23.2 Å². The zero-order valence-electron chi connectivity index (χ0n) is 7.63. The number of rotatable bonds is 3. The molecular formula is C10H10Cl2O2. The Hall–Kier alpha value is -0.730. The quantitative estimate of drug-likeness (QED) is 0.814. The number of carbonyl (C=O) groups is 1. The fraction of sp³-hybridized carbons (Fsp3) is 0.300. The third kappa shape index (κ3) is 2.40. The molecule has 0 aromatic heterocycles. The normalized spacial score (nSPS) is 12.5. The van der Waals surface area contributed by atoms with Gasteiger partial charge >= 0.3 is 0 Å². The van der Waals surface area contributed by atoms with Crippen molar-refractivity contribution in [3.63, 3.8) is 0 Å². The number of hydrogen-bond acceptors (Lipinski definition) is 2. The molecule has 0 saturated carbocycles. The first-order valence-electron chi connectivity index (χ1n) is 4.08. The van der Waals surface area contributed by atoms with E-state index >= 15 is 0 Å². The molecule has 4 heteroatoms. The van der Waals surface area contributed by atoms with Gasteiger partial charge in [-0.05, 0) is 18.6 Å². The number of aromatic hydroxyl groups is 1. The van der Waals surface area contributed by atoms with Crippen molar-refractivity contribution in [2.24, 2.45) is 0 Å². The van der Waals surface area contributed by atoms with Crippen molar-refractivity contribution in [2.75, 3.05) is 0 Å². The molecule has 76 valence electrons. The lowest BCUT2D eigenvalue weighted by molar-refractivity contribution is -0.116. The van der Waals surface area contributed by atoms with Crippen molar-refractivity contribution in [3.8, 4) is 5.75 Å². The Morgan fingerprint density at radius 3 is 2.64 bits per heavy atom. The molecule has 0 heterocycles. The van der Waals surface area contributed by atoms with E-state index in [1.54, 1.807) is 12.1 Å². The van der Waals surface area contributed by atoms with Gasteiger partial charge in [0.15, 0.2) is 5.78 Å². The van der Waals surface area contributed by atoms with E-state index in [1.807, 2.05) is 0 Å². The molecule has 1 unspecified atom stereocenters. The molecule has 1 aromatic carbocycles. The summed E-state index contributed by atoms with van der Waals surface area (Å²) < 4.78 is 0. The molecule has 1 rings (SSSR count). The van der Waals surface area contributed by atoms with Crippen LogP contribution in [0.3, 0.4) is 0 Å². The van der Waals surface area contributed by atoms with Crippen molar-refractivity contribution < 1.29 is 9.90 Å². The van der Waals surface area contributed by atoms with Gasteiger partial charge < -0.3 is 5.11 Å². The van der Waals surface area contributed by atoms with Crippen LogP contribution in [-0.4, -0.2) is 10.9 Å². The Morgan fingerprint density at radius 2 is 2.21 bits per heavy atom. The van der Waals surface area contributed by atoms with Crippen molar-refractivity contribution in [1.29, 1.82) is 0 Å². The zero-order chi connectivity index (χ0) is 10.7. The first-order chi connectivity index (χ1) is 6.56. The van der Waals surface area contributed by atoms with Crippen molar-refractivity contribution >= 4 is 29.0 Å². The van der Waals surface area contributed by atoms with Gasteiger partial charge in [-0.15, -0.1) is 23.2 Å². The minimum atomic E-state index is -0.703. The molecule has 1 atom stereocenters. The van der Waals surface area contributed by atoms with E-state index in [1.165, 1.54) is 13.0 Å². The van der Waals surface area contributed by atoms with Crippen LogP contribution in [0.15, 0.2) is 18.2 Å². The van der Waals surface area contributed by atoms with E-state index in [0.29, 0.717) is 11.1 Å². The van der Waals surface area contributed by atoms with Gasteiger partial charge in [0.2, 0.25) is 0 Å². The summed E-state index contributed by atoms with van der Waals surface area (Å²) in [5.74, 6) is 0.160. The third-order valence-electron chi connectivity index (χ3n) is 1.90. The minimum absolute atomic E-state index is 0.0735. The Kier molecular flexibility index (Phi) is 3.78. The second-order valence-electron chi connectivity index (χ2n) is 2.99. The number of hydrogen-bond donors (Lipinski definition) is 1. The van der Waals surface area contributed by atoms with Crippen LogP contribution in [0.1, 0.15) is 23.4 Å². The number of phenolic OH excluding ortho intramolecular Hbond substituents is 1. The van der Waals surface area contributed by atoms with Crippen LogP contribution < -0.4 is 0 Å². The van der Waals surface area contributed by atoms with Gasteiger partial charge in [0, 0.05) is 5.56 Å². The lowest BCUT2D eigenvalue weighted by atomic mass is 10.1. The lowest BCUT2D eigenvalue weighted by Crippen LogP contribution is -2.01. The monoisotopic (exact) mass is 232 g/mol. The largest absolute Gasteiger partial charge is 0.508 e. The van der Waals surface area contributed by atoms with Crippen LogP contribution in [0, 0.1) is 0 Å². The summed E-state index contributed by atoms with van der Waals surface area (Å²) in [4.78, 5) is 11.0. The summed E-state index contributed by atoms with van der Waals surface area (Å²) in [6, 6.07) is 4.82. The second-order valence-corrected chi connectivity index (χ2v) is 3.70. The second kappa shape index (κ2) is 4.67. The SMILES string of the molecule is CC(=O)C(Cl)c1ccc(CCl)c(O)c1. The summed E-state index contributed by atoms with van der Waals surface area (Å²) in [5.41, 5.74) is 1.22. The Labute approximate surface area is 92.5 Å². The predicted octanol–water partition coefficient (Wildman–Crippen LogP) is 3.00. The molecule has 2 nitrogen and oxygen atoms in total. The van der Waals surface area contributed by atoms with E-state index in [2.05, 4.69) is 0 Å².